The molecule has 0 saturated heterocycles. The SMILES string of the molecule is Cc1cc(NC(=O)c2cccc(COc3ccc(Cl)cc3Cl)c2)nn1Cc1cccc(Cl)c1. The van der Waals surface area contributed by atoms with Crippen molar-refractivity contribution < 1.29 is 9.53 Å². The number of hydrogen-bond donors (Lipinski definition) is 1. The van der Waals surface area contributed by atoms with Crippen LogP contribution in [0.25, 0.3) is 0 Å². The summed E-state index contributed by atoms with van der Waals surface area (Å²) in [4.78, 5) is 12.8. The van der Waals surface area contributed by atoms with E-state index >= 15 is 0 Å². The van der Waals surface area contributed by atoms with Gasteiger partial charge in [-0.2, -0.15) is 5.10 Å². The van der Waals surface area contributed by atoms with Crippen LogP contribution in [0.1, 0.15) is 27.2 Å². The molecule has 33 heavy (non-hydrogen) atoms. The van der Waals surface area contributed by atoms with Gasteiger partial charge in [0.1, 0.15) is 12.4 Å². The number of amides is 1. The van der Waals surface area contributed by atoms with Gasteiger partial charge in [0.25, 0.3) is 5.91 Å². The van der Waals surface area contributed by atoms with Gasteiger partial charge in [-0.1, -0.05) is 59.1 Å². The molecule has 1 N–H and O–H groups in total. The molecule has 8 heteroatoms. The molecule has 0 aliphatic heterocycles. The zero-order chi connectivity index (χ0) is 23.4. The maximum Gasteiger partial charge on any atom is 0.256 e. The van der Waals surface area contributed by atoms with Crippen LogP contribution in [0.4, 0.5) is 5.82 Å². The van der Waals surface area contributed by atoms with Crippen LogP contribution in [0.15, 0.2) is 72.8 Å². The predicted molar refractivity (Wildman–Crippen MR) is 133 cm³/mol. The van der Waals surface area contributed by atoms with Gasteiger partial charge in [-0.15, -0.1) is 0 Å². The molecule has 1 amide bonds. The first-order chi connectivity index (χ1) is 15.9. The summed E-state index contributed by atoms with van der Waals surface area (Å²) in [5.41, 5.74) is 3.28. The summed E-state index contributed by atoms with van der Waals surface area (Å²) >= 11 is 18.1. The number of nitrogens with zero attached hydrogens (tertiary/aromatic N) is 2. The number of carbonyl (C=O) groups is 1. The average Bonchev–Trinajstić information content (AvgIpc) is 3.11. The molecule has 0 spiro atoms. The monoisotopic (exact) mass is 499 g/mol. The van der Waals surface area contributed by atoms with Crippen LogP contribution >= 0.6 is 34.8 Å². The fourth-order valence-corrected chi connectivity index (χ4v) is 3.96. The highest BCUT2D eigenvalue weighted by Gasteiger charge is 2.12. The number of halogens is 3. The van der Waals surface area contributed by atoms with E-state index in [2.05, 4.69) is 10.4 Å². The number of rotatable bonds is 7. The smallest absolute Gasteiger partial charge is 0.256 e. The summed E-state index contributed by atoms with van der Waals surface area (Å²) in [6, 6.07) is 21.7. The van der Waals surface area contributed by atoms with Crippen LogP contribution < -0.4 is 10.1 Å². The Kier molecular flexibility index (Phi) is 7.23. The van der Waals surface area contributed by atoms with Crippen molar-refractivity contribution in [3.8, 4) is 5.75 Å². The molecule has 168 valence electrons. The van der Waals surface area contributed by atoms with Crippen LogP contribution in [-0.2, 0) is 13.2 Å². The van der Waals surface area contributed by atoms with Gasteiger partial charge in [-0.25, -0.2) is 0 Å². The minimum absolute atomic E-state index is 0.256. The number of nitrogens with one attached hydrogen (secondary N) is 1. The maximum atomic E-state index is 12.8. The number of carbonyl (C=O) groups excluding carboxylic acids is 1. The predicted octanol–water partition coefficient (Wildman–Crippen LogP) is 7.03. The Morgan fingerprint density at radius 3 is 2.48 bits per heavy atom. The molecule has 0 bridgehead atoms. The van der Waals surface area contributed by atoms with Gasteiger partial charge in [0, 0.05) is 27.4 Å². The molecule has 0 unspecified atom stereocenters. The Bertz CT molecular complexity index is 1300. The van der Waals surface area contributed by atoms with Crippen molar-refractivity contribution in [3.05, 3.63) is 110 Å². The molecule has 1 aromatic heterocycles. The van der Waals surface area contributed by atoms with Gasteiger partial charge >= 0.3 is 0 Å². The fourth-order valence-electron chi connectivity index (χ4n) is 3.28. The van der Waals surface area contributed by atoms with Crippen molar-refractivity contribution in [1.82, 2.24) is 9.78 Å². The van der Waals surface area contributed by atoms with Crippen LogP contribution in [0.2, 0.25) is 15.1 Å². The van der Waals surface area contributed by atoms with E-state index in [4.69, 9.17) is 39.5 Å². The third-order valence-electron chi connectivity index (χ3n) is 4.92. The average molecular weight is 501 g/mol. The van der Waals surface area contributed by atoms with Gasteiger partial charge in [-0.3, -0.25) is 9.48 Å². The van der Waals surface area contributed by atoms with Crippen molar-refractivity contribution in [2.75, 3.05) is 5.32 Å². The summed E-state index contributed by atoms with van der Waals surface area (Å²) in [5.74, 6) is 0.750. The largest absolute Gasteiger partial charge is 0.487 e. The van der Waals surface area contributed by atoms with E-state index in [-0.39, 0.29) is 12.5 Å². The number of aryl methyl sites for hydroxylation is 1. The molecule has 0 atom stereocenters. The molecule has 0 fully saturated rings. The van der Waals surface area contributed by atoms with Crippen molar-refractivity contribution in [1.29, 1.82) is 0 Å². The minimum Gasteiger partial charge on any atom is -0.487 e. The third-order valence-corrected chi connectivity index (χ3v) is 5.69. The maximum absolute atomic E-state index is 12.8. The molecule has 4 aromatic rings. The highest BCUT2D eigenvalue weighted by atomic mass is 35.5. The molecule has 5 nitrogen and oxygen atoms in total. The van der Waals surface area contributed by atoms with E-state index in [1.165, 1.54) is 0 Å². The van der Waals surface area contributed by atoms with Gasteiger partial charge in [0.05, 0.1) is 11.6 Å². The van der Waals surface area contributed by atoms with E-state index < -0.39 is 0 Å². The fraction of sp³-hybridized carbons (Fsp3) is 0.120. The van der Waals surface area contributed by atoms with E-state index in [1.54, 1.807) is 36.4 Å². The zero-order valence-corrected chi connectivity index (χ0v) is 20.0. The van der Waals surface area contributed by atoms with Crippen molar-refractivity contribution in [2.45, 2.75) is 20.1 Å². The van der Waals surface area contributed by atoms with Gasteiger partial charge in [-0.05, 0) is 60.5 Å². The number of aromatic nitrogens is 2. The first-order valence-electron chi connectivity index (χ1n) is 10.1. The Labute approximate surface area is 206 Å². The van der Waals surface area contributed by atoms with Crippen LogP contribution in [0.3, 0.4) is 0 Å². The molecule has 0 aliphatic rings. The molecule has 0 saturated carbocycles. The molecule has 1 heterocycles. The van der Waals surface area contributed by atoms with Gasteiger partial charge in [0.2, 0.25) is 0 Å². The second-order valence-electron chi connectivity index (χ2n) is 7.48. The minimum atomic E-state index is -0.256. The van der Waals surface area contributed by atoms with Crippen molar-refractivity contribution in [3.63, 3.8) is 0 Å². The van der Waals surface area contributed by atoms with Gasteiger partial charge < -0.3 is 10.1 Å². The summed E-state index contributed by atoms with van der Waals surface area (Å²) in [5, 5.41) is 9.01. The Morgan fingerprint density at radius 1 is 0.939 bits per heavy atom. The third kappa shape index (κ3) is 6.08. The number of ether oxygens (including phenoxy) is 1. The second kappa shape index (κ2) is 10.3. The van der Waals surface area contributed by atoms with E-state index in [0.29, 0.717) is 38.7 Å². The van der Waals surface area contributed by atoms with Crippen LogP contribution in [-0.4, -0.2) is 15.7 Å². The van der Waals surface area contributed by atoms with E-state index in [9.17, 15) is 4.79 Å². The topological polar surface area (TPSA) is 56.1 Å². The molecule has 4 rings (SSSR count). The molecular weight excluding hydrogens is 481 g/mol. The molecular formula is C25H20Cl3N3O2. The number of benzene rings is 3. The Hall–Kier alpha value is -2.99. The molecule has 3 aromatic carbocycles. The normalized spacial score (nSPS) is 10.8. The quantitative estimate of drug-likeness (QED) is 0.296. The number of anilines is 1. The van der Waals surface area contributed by atoms with Crippen molar-refractivity contribution in [2.24, 2.45) is 0 Å². The van der Waals surface area contributed by atoms with E-state index in [0.717, 1.165) is 16.8 Å². The zero-order valence-electron chi connectivity index (χ0n) is 17.7. The first kappa shape index (κ1) is 23.2. The van der Waals surface area contributed by atoms with Gasteiger partial charge in [0.15, 0.2) is 5.82 Å². The first-order valence-corrected chi connectivity index (χ1v) is 11.3. The summed E-state index contributed by atoms with van der Waals surface area (Å²) in [6.45, 7) is 2.76. The Morgan fingerprint density at radius 2 is 1.70 bits per heavy atom. The van der Waals surface area contributed by atoms with Crippen LogP contribution in [0, 0.1) is 6.92 Å². The lowest BCUT2D eigenvalue weighted by Gasteiger charge is -2.09. The van der Waals surface area contributed by atoms with Crippen molar-refractivity contribution >= 4 is 46.5 Å². The Balaban J connectivity index is 1.41. The van der Waals surface area contributed by atoms with E-state index in [1.807, 2.05) is 48.0 Å². The number of hydrogen-bond acceptors (Lipinski definition) is 3. The summed E-state index contributed by atoms with van der Waals surface area (Å²) < 4.78 is 7.59. The lowest BCUT2D eigenvalue weighted by Crippen LogP contribution is -2.13. The lowest BCUT2D eigenvalue weighted by molar-refractivity contribution is 0.102. The highest BCUT2D eigenvalue weighted by Crippen LogP contribution is 2.28. The molecule has 0 aliphatic carbocycles. The van der Waals surface area contributed by atoms with Crippen LogP contribution in [0.5, 0.6) is 5.75 Å². The summed E-state index contributed by atoms with van der Waals surface area (Å²) in [7, 11) is 0. The lowest BCUT2D eigenvalue weighted by atomic mass is 10.1. The second-order valence-corrected chi connectivity index (χ2v) is 8.76. The highest BCUT2D eigenvalue weighted by molar-refractivity contribution is 6.35. The summed E-state index contributed by atoms with van der Waals surface area (Å²) in [6.07, 6.45) is 0. The molecule has 0 radical (unpaired) electrons. The standard InChI is InChI=1S/C25H20Cl3N3O2/c1-16-10-24(30-31(16)14-17-4-3-7-20(26)12-17)29-25(32)19-6-2-5-18(11-19)15-33-23-9-8-21(27)13-22(23)28/h2-13H,14-15H2,1H3,(H,29,30,32).